The van der Waals surface area contributed by atoms with Crippen LogP contribution in [-0.4, -0.2) is 59.6 Å². The summed E-state index contributed by atoms with van der Waals surface area (Å²) in [5, 5.41) is 19.8. The number of allylic oxidation sites excluding steroid dienone is 2. The second-order valence-electron chi connectivity index (χ2n) is 16.8. The van der Waals surface area contributed by atoms with Crippen molar-refractivity contribution in [3.05, 3.63) is 12.2 Å². The lowest BCUT2D eigenvalue weighted by Crippen LogP contribution is -2.58. The highest BCUT2D eigenvalue weighted by Gasteiger charge is 2.46. The van der Waals surface area contributed by atoms with Gasteiger partial charge in [-0.25, -0.2) is 4.79 Å². The van der Waals surface area contributed by atoms with E-state index in [1.165, 1.54) is 64.2 Å². The van der Waals surface area contributed by atoms with Crippen LogP contribution in [0.3, 0.4) is 0 Å². The van der Waals surface area contributed by atoms with Crippen LogP contribution in [0.2, 0.25) is 0 Å². The topological polar surface area (TPSA) is 126 Å². The average molecular weight is 704 g/mol. The van der Waals surface area contributed by atoms with Gasteiger partial charge in [-0.3, -0.25) is 9.59 Å². The number of carbonyl (C=O) groups excluding carboxylic acids is 2. The first-order valence-electron chi connectivity index (χ1n) is 20.4. The van der Waals surface area contributed by atoms with Crippen LogP contribution in [0, 0.1) is 17.3 Å². The van der Waals surface area contributed by atoms with Crippen LogP contribution in [0.15, 0.2) is 12.2 Å². The predicted octanol–water partition coefficient (Wildman–Crippen LogP) is 9.19. The zero-order chi connectivity index (χ0) is 36.5. The van der Waals surface area contributed by atoms with Gasteiger partial charge in [0, 0.05) is 23.5 Å². The van der Waals surface area contributed by atoms with Gasteiger partial charge in [-0.2, -0.15) is 0 Å². The number of hydrogen-bond acceptors (Lipinski definition) is 5. The van der Waals surface area contributed by atoms with Crippen LogP contribution in [0.1, 0.15) is 176 Å². The van der Waals surface area contributed by atoms with E-state index < -0.39 is 29.2 Å². The number of nitrogens with one attached hydrogen (secondary N) is 3. The fraction of sp³-hybridized carbons (Fsp3) is 0.878. The number of aliphatic carboxylic acids is 1. The van der Waals surface area contributed by atoms with Crippen LogP contribution in [-0.2, 0) is 19.1 Å². The van der Waals surface area contributed by atoms with Gasteiger partial charge in [0.05, 0.1) is 12.5 Å². The molecule has 4 atom stereocenters. The summed E-state index contributed by atoms with van der Waals surface area (Å²) in [4.78, 5) is 39.5. The van der Waals surface area contributed by atoms with Crippen molar-refractivity contribution in [3.8, 4) is 0 Å². The van der Waals surface area contributed by atoms with E-state index in [1.807, 2.05) is 13.8 Å². The van der Waals surface area contributed by atoms with Gasteiger partial charge in [0.2, 0.25) is 5.91 Å². The van der Waals surface area contributed by atoms with Crippen molar-refractivity contribution in [2.45, 2.75) is 199 Å². The Morgan fingerprint density at radius 1 is 0.820 bits per heavy atom. The number of urea groups is 1. The molecule has 0 aromatic heterocycles. The van der Waals surface area contributed by atoms with E-state index in [-0.39, 0.29) is 36.0 Å². The maximum Gasteiger partial charge on any atom is 0.315 e. The maximum absolute atomic E-state index is 13.6. The Bertz CT molecular complexity index is 1050. The highest BCUT2D eigenvalue weighted by atomic mass is 16.7. The van der Waals surface area contributed by atoms with Crippen molar-refractivity contribution in [2.75, 3.05) is 13.2 Å². The van der Waals surface area contributed by atoms with Crippen molar-refractivity contribution in [3.63, 3.8) is 0 Å². The third kappa shape index (κ3) is 14.5. The molecule has 50 heavy (non-hydrogen) atoms. The molecule has 3 amide bonds. The largest absolute Gasteiger partial charge is 0.481 e. The summed E-state index contributed by atoms with van der Waals surface area (Å²) < 4.78 is 11.7. The molecule has 9 heteroatoms. The lowest BCUT2D eigenvalue weighted by atomic mass is 9.76. The van der Waals surface area contributed by atoms with Crippen LogP contribution in [0.25, 0.3) is 0 Å². The minimum Gasteiger partial charge on any atom is -0.481 e. The molecule has 3 aliphatic rings. The molecule has 0 spiro atoms. The molecule has 1 saturated heterocycles. The summed E-state index contributed by atoms with van der Waals surface area (Å²) >= 11 is 0. The van der Waals surface area contributed by atoms with Crippen LogP contribution in [0.5, 0.6) is 0 Å². The molecule has 1 heterocycles. The molecule has 3 rings (SSSR count). The summed E-state index contributed by atoms with van der Waals surface area (Å²) in [5.74, 6) is -3.25. The van der Waals surface area contributed by atoms with E-state index >= 15 is 0 Å². The van der Waals surface area contributed by atoms with Gasteiger partial charge in [-0.1, -0.05) is 116 Å². The lowest BCUT2D eigenvalue weighted by molar-refractivity contribution is -0.304. The number of hydrogen-bond donors (Lipinski definition) is 4. The third-order valence-corrected chi connectivity index (χ3v) is 11.5. The quantitative estimate of drug-likeness (QED) is 0.0698. The van der Waals surface area contributed by atoms with Crippen LogP contribution in [0.4, 0.5) is 4.79 Å². The Morgan fingerprint density at radius 2 is 1.44 bits per heavy atom. The first-order chi connectivity index (χ1) is 23.9. The minimum atomic E-state index is -0.951. The highest BCUT2D eigenvalue weighted by Crippen LogP contribution is 2.36. The molecule has 3 fully saturated rings. The first-order valence-corrected chi connectivity index (χ1v) is 20.4. The molecule has 2 aliphatic carbocycles. The Labute approximate surface area is 304 Å². The van der Waals surface area contributed by atoms with Crippen molar-refractivity contribution < 1.29 is 29.0 Å². The first kappa shape index (κ1) is 42.3. The number of carboxylic acids is 1. The van der Waals surface area contributed by atoms with Crippen LogP contribution < -0.4 is 16.0 Å². The Hall–Kier alpha value is -2.13. The average Bonchev–Trinajstić information content (AvgIpc) is 3.07. The normalized spacial score (nSPS) is 25.1. The Balaban J connectivity index is 1.46. The van der Waals surface area contributed by atoms with Crippen LogP contribution >= 0.6 is 0 Å². The fourth-order valence-corrected chi connectivity index (χ4v) is 8.34. The second-order valence-corrected chi connectivity index (χ2v) is 16.8. The third-order valence-electron chi connectivity index (χ3n) is 11.5. The van der Waals surface area contributed by atoms with Gasteiger partial charge in [-0.05, 0) is 77.6 Å². The molecule has 9 nitrogen and oxygen atoms in total. The molecule has 288 valence electrons. The van der Waals surface area contributed by atoms with E-state index in [0.29, 0.717) is 13.0 Å². The Kier molecular flexibility index (Phi) is 18.1. The minimum absolute atomic E-state index is 0.00584. The van der Waals surface area contributed by atoms with E-state index in [4.69, 9.17) is 9.47 Å². The summed E-state index contributed by atoms with van der Waals surface area (Å²) in [6.45, 7) is 10.0. The number of amides is 3. The van der Waals surface area contributed by atoms with Crippen molar-refractivity contribution in [2.24, 2.45) is 17.3 Å². The molecule has 0 radical (unpaired) electrons. The SMILES string of the molecule is CCCCCCCCCC=CCCCCCC1(NC(=O)NC2CCCCC2C(CNC(=O)C2OC(C)(C)OCC2(C)C)C(=O)O)CCCCC1. The van der Waals surface area contributed by atoms with Crippen molar-refractivity contribution in [1.29, 1.82) is 0 Å². The summed E-state index contributed by atoms with van der Waals surface area (Å²) in [5.41, 5.74) is -0.742. The smallest absolute Gasteiger partial charge is 0.315 e. The van der Waals surface area contributed by atoms with E-state index in [2.05, 4.69) is 35.0 Å². The summed E-state index contributed by atoms with van der Waals surface area (Å²) in [7, 11) is 0. The maximum atomic E-state index is 13.6. The number of carboxylic acid groups (broad SMARTS) is 1. The number of carbonyl (C=O) groups is 3. The zero-order valence-electron chi connectivity index (χ0n) is 32.4. The monoisotopic (exact) mass is 704 g/mol. The van der Waals surface area contributed by atoms with Gasteiger partial charge in [0.25, 0.3) is 0 Å². The van der Waals surface area contributed by atoms with E-state index in [1.54, 1.807) is 13.8 Å². The number of unbranched alkanes of at least 4 members (excludes halogenated alkanes) is 10. The fourth-order valence-electron chi connectivity index (χ4n) is 8.34. The number of rotatable bonds is 21. The predicted molar refractivity (Wildman–Crippen MR) is 201 cm³/mol. The molecule has 0 aromatic carbocycles. The zero-order valence-corrected chi connectivity index (χ0v) is 32.4. The second kappa shape index (κ2) is 21.4. The molecule has 4 unspecified atom stereocenters. The van der Waals surface area contributed by atoms with Gasteiger partial charge in [0.1, 0.15) is 6.10 Å². The van der Waals surface area contributed by atoms with Crippen molar-refractivity contribution in [1.82, 2.24) is 16.0 Å². The van der Waals surface area contributed by atoms with Gasteiger partial charge in [-0.15, -0.1) is 0 Å². The van der Waals surface area contributed by atoms with Gasteiger partial charge >= 0.3 is 12.0 Å². The standard InChI is InChI=1S/C41H73N3O6/c1-6-7-8-9-10-11-12-13-14-15-16-17-18-22-27-41(28-23-19-24-29-41)44-38(48)43-34-26-21-20-25-32(34)33(37(46)47)30-42-36(45)35-39(2,3)31-49-40(4,5)50-35/h14-15,32-35H,6-13,16-31H2,1-5H3,(H,42,45)(H,46,47)(H2,43,44,48). The highest BCUT2D eigenvalue weighted by molar-refractivity contribution is 5.82. The number of ether oxygens (including phenoxy) is 2. The molecule has 1 aliphatic heterocycles. The van der Waals surface area contributed by atoms with Crippen molar-refractivity contribution >= 4 is 17.9 Å². The molecule has 0 bridgehead atoms. The Morgan fingerprint density at radius 3 is 2.10 bits per heavy atom. The summed E-state index contributed by atoms with van der Waals surface area (Å²) in [6, 6.07) is -0.435. The van der Waals surface area contributed by atoms with Gasteiger partial charge < -0.3 is 30.5 Å². The molecule has 4 N–H and O–H groups in total. The van der Waals surface area contributed by atoms with E-state index in [9.17, 15) is 19.5 Å². The van der Waals surface area contributed by atoms with Gasteiger partial charge in [0.15, 0.2) is 5.79 Å². The lowest BCUT2D eigenvalue weighted by Gasteiger charge is -2.45. The van der Waals surface area contributed by atoms with E-state index in [0.717, 1.165) is 70.6 Å². The molecular formula is C41H73N3O6. The summed E-state index contributed by atoms with van der Waals surface area (Å²) in [6.07, 6.45) is 28.9. The molecular weight excluding hydrogens is 630 g/mol. The molecule has 0 aromatic rings. The molecule has 2 saturated carbocycles.